The van der Waals surface area contributed by atoms with E-state index in [0.717, 1.165) is 0 Å². The van der Waals surface area contributed by atoms with Crippen molar-refractivity contribution in [3.05, 3.63) is 101 Å². The third-order valence-corrected chi connectivity index (χ3v) is 3.62. The Labute approximate surface area is 155 Å². The van der Waals surface area contributed by atoms with Crippen LogP contribution >= 0.6 is 0 Å². The smallest absolute Gasteiger partial charge is 0.270 e. The molecule has 6 heteroatoms. The molecule has 0 heterocycles. The molecule has 27 heavy (non-hydrogen) atoms. The second kappa shape index (κ2) is 8.44. The summed E-state index contributed by atoms with van der Waals surface area (Å²) in [5.41, 5.74) is 1.06. The molecule has 0 fully saturated rings. The lowest BCUT2D eigenvalue weighted by Gasteiger charge is -2.11. The Bertz CT molecular complexity index is 984. The van der Waals surface area contributed by atoms with Gasteiger partial charge >= 0.3 is 0 Å². The first-order valence-electron chi connectivity index (χ1n) is 8.17. The summed E-state index contributed by atoms with van der Waals surface area (Å²) in [6, 6.07) is 22.4. The minimum Gasteiger partial charge on any atom is -0.455 e. The maximum absolute atomic E-state index is 12.2. The zero-order valence-corrected chi connectivity index (χ0v) is 14.2. The summed E-state index contributed by atoms with van der Waals surface area (Å²) in [6.07, 6.45) is 2.83. The maximum atomic E-state index is 12.2. The van der Waals surface area contributed by atoms with Crippen molar-refractivity contribution in [2.75, 3.05) is 5.32 Å². The number of amides is 1. The SMILES string of the molecule is O=C(C=Cc1cccc([N+](=O)[O-])c1)Nc1ccccc1Oc1ccccc1. The molecule has 0 spiro atoms. The first-order chi connectivity index (χ1) is 13.1. The molecule has 0 aliphatic heterocycles. The molecule has 3 aromatic rings. The number of non-ortho nitro benzene ring substituents is 1. The highest BCUT2D eigenvalue weighted by Gasteiger charge is 2.07. The molecular formula is C21H16N2O4. The van der Waals surface area contributed by atoms with E-state index in [0.29, 0.717) is 22.7 Å². The van der Waals surface area contributed by atoms with Gasteiger partial charge in [0.2, 0.25) is 5.91 Å². The molecule has 3 rings (SSSR count). The molecule has 0 radical (unpaired) electrons. The van der Waals surface area contributed by atoms with E-state index in [4.69, 9.17) is 4.74 Å². The molecule has 0 bridgehead atoms. The van der Waals surface area contributed by atoms with Crippen molar-refractivity contribution in [2.45, 2.75) is 0 Å². The maximum Gasteiger partial charge on any atom is 0.270 e. The second-order valence-corrected chi connectivity index (χ2v) is 5.59. The lowest BCUT2D eigenvalue weighted by molar-refractivity contribution is -0.384. The molecule has 1 N–H and O–H groups in total. The summed E-state index contributed by atoms with van der Waals surface area (Å²) in [4.78, 5) is 22.6. The second-order valence-electron chi connectivity index (χ2n) is 5.59. The molecule has 0 aliphatic rings. The first-order valence-corrected chi connectivity index (χ1v) is 8.17. The zero-order valence-electron chi connectivity index (χ0n) is 14.2. The number of nitrogens with zero attached hydrogens (tertiary/aromatic N) is 1. The normalized spacial score (nSPS) is 10.5. The standard InChI is InChI=1S/C21H16N2O4/c24-21(14-13-16-7-6-8-17(15-16)23(25)26)22-19-11-4-5-12-20(19)27-18-9-2-1-3-10-18/h1-15H,(H,22,24). The number of hydrogen-bond acceptors (Lipinski definition) is 4. The van der Waals surface area contributed by atoms with Crippen LogP contribution in [-0.2, 0) is 4.79 Å². The van der Waals surface area contributed by atoms with Crippen LogP contribution in [0.4, 0.5) is 11.4 Å². The molecule has 0 saturated heterocycles. The Balaban J connectivity index is 1.71. The molecule has 6 nitrogen and oxygen atoms in total. The zero-order chi connectivity index (χ0) is 19.1. The fraction of sp³-hybridized carbons (Fsp3) is 0. The van der Waals surface area contributed by atoms with Gasteiger partial charge in [0.15, 0.2) is 5.75 Å². The number of ether oxygens (including phenoxy) is 1. The molecule has 0 aliphatic carbocycles. The Morgan fingerprint density at radius 1 is 0.963 bits per heavy atom. The number of carbonyl (C=O) groups is 1. The number of nitrogens with one attached hydrogen (secondary N) is 1. The van der Waals surface area contributed by atoms with Crippen LogP contribution in [0.2, 0.25) is 0 Å². The van der Waals surface area contributed by atoms with Crippen molar-refractivity contribution < 1.29 is 14.5 Å². The predicted molar refractivity (Wildman–Crippen MR) is 104 cm³/mol. The largest absolute Gasteiger partial charge is 0.455 e. The van der Waals surface area contributed by atoms with Gasteiger partial charge in [-0.2, -0.15) is 0 Å². The quantitative estimate of drug-likeness (QED) is 0.379. The van der Waals surface area contributed by atoms with E-state index in [2.05, 4.69) is 5.32 Å². The summed E-state index contributed by atoms with van der Waals surface area (Å²) >= 11 is 0. The molecule has 1 amide bonds. The first kappa shape index (κ1) is 17.9. The van der Waals surface area contributed by atoms with Gasteiger partial charge in [0.05, 0.1) is 10.6 Å². The van der Waals surface area contributed by atoms with Crippen LogP contribution in [0.5, 0.6) is 11.5 Å². The van der Waals surface area contributed by atoms with Gasteiger partial charge in [-0.1, -0.05) is 42.5 Å². The highest BCUT2D eigenvalue weighted by molar-refractivity contribution is 6.02. The van der Waals surface area contributed by atoms with Crippen LogP contribution in [-0.4, -0.2) is 10.8 Å². The average Bonchev–Trinajstić information content (AvgIpc) is 2.69. The van der Waals surface area contributed by atoms with E-state index in [1.54, 1.807) is 30.3 Å². The summed E-state index contributed by atoms with van der Waals surface area (Å²) in [6.45, 7) is 0. The molecule has 3 aromatic carbocycles. The molecule has 134 valence electrons. The lowest BCUT2D eigenvalue weighted by atomic mass is 10.2. The van der Waals surface area contributed by atoms with Gasteiger partial charge < -0.3 is 10.1 Å². The van der Waals surface area contributed by atoms with Crippen molar-refractivity contribution in [1.29, 1.82) is 0 Å². The van der Waals surface area contributed by atoms with Crippen LogP contribution in [0, 0.1) is 10.1 Å². The van der Waals surface area contributed by atoms with Crippen molar-refractivity contribution >= 4 is 23.4 Å². The monoisotopic (exact) mass is 360 g/mol. The van der Waals surface area contributed by atoms with Crippen LogP contribution in [0.15, 0.2) is 84.9 Å². The van der Waals surface area contributed by atoms with Crippen LogP contribution < -0.4 is 10.1 Å². The fourth-order valence-corrected chi connectivity index (χ4v) is 2.36. The number of para-hydroxylation sites is 3. The van der Waals surface area contributed by atoms with Gasteiger partial charge in [-0.05, 0) is 35.9 Å². The minimum atomic E-state index is -0.478. The van der Waals surface area contributed by atoms with E-state index in [1.807, 2.05) is 36.4 Å². The third kappa shape index (κ3) is 5.02. The summed E-state index contributed by atoms with van der Waals surface area (Å²) in [5, 5.41) is 13.6. The van der Waals surface area contributed by atoms with Gasteiger partial charge in [-0.3, -0.25) is 14.9 Å². The molecule has 0 atom stereocenters. The number of hydrogen-bond donors (Lipinski definition) is 1. The van der Waals surface area contributed by atoms with Gasteiger partial charge in [-0.25, -0.2) is 0 Å². The fourth-order valence-electron chi connectivity index (χ4n) is 2.36. The summed E-state index contributed by atoms with van der Waals surface area (Å²) in [7, 11) is 0. The van der Waals surface area contributed by atoms with Crippen LogP contribution in [0.3, 0.4) is 0 Å². The van der Waals surface area contributed by atoms with Gasteiger partial charge in [-0.15, -0.1) is 0 Å². The molecule has 0 unspecified atom stereocenters. The van der Waals surface area contributed by atoms with E-state index in [1.165, 1.54) is 24.3 Å². The Morgan fingerprint density at radius 3 is 2.48 bits per heavy atom. The number of benzene rings is 3. The minimum absolute atomic E-state index is 0.0286. The van der Waals surface area contributed by atoms with E-state index < -0.39 is 4.92 Å². The van der Waals surface area contributed by atoms with Crippen LogP contribution in [0.25, 0.3) is 6.08 Å². The van der Waals surface area contributed by atoms with E-state index in [-0.39, 0.29) is 11.6 Å². The predicted octanol–water partition coefficient (Wildman–Crippen LogP) is 5.04. The van der Waals surface area contributed by atoms with Gasteiger partial charge in [0.25, 0.3) is 5.69 Å². The average molecular weight is 360 g/mol. The topological polar surface area (TPSA) is 81.5 Å². The number of anilines is 1. The molecular weight excluding hydrogens is 344 g/mol. The van der Waals surface area contributed by atoms with Crippen molar-refractivity contribution in [3.8, 4) is 11.5 Å². The van der Waals surface area contributed by atoms with Gasteiger partial charge in [0.1, 0.15) is 5.75 Å². The summed E-state index contributed by atoms with van der Waals surface area (Å²) < 4.78 is 5.80. The van der Waals surface area contributed by atoms with Crippen molar-refractivity contribution in [1.82, 2.24) is 0 Å². The number of nitro benzene ring substituents is 1. The number of nitro groups is 1. The Morgan fingerprint density at radius 2 is 1.70 bits per heavy atom. The lowest BCUT2D eigenvalue weighted by Crippen LogP contribution is -2.08. The number of rotatable bonds is 6. The Hall–Kier alpha value is -3.93. The van der Waals surface area contributed by atoms with Gasteiger partial charge in [0, 0.05) is 18.2 Å². The van der Waals surface area contributed by atoms with E-state index in [9.17, 15) is 14.9 Å². The van der Waals surface area contributed by atoms with Crippen molar-refractivity contribution in [2.24, 2.45) is 0 Å². The summed E-state index contributed by atoms with van der Waals surface area (Å²) in [5.74, 6) is 0.803. The highest BCUT2D eigenvalue weighted by atomic mass is 16.6. The third-order valence-electron chi connectivity index (χ3n) is 3.62. The molecule has 0 saturated carbocycles. The molecule has 0 aromatic heterocycles. The highest BCUT2D eigenvalue weighted by Crippen LogP contribution is 2.29. The Kier molecular flexibility index (Phi) is 5.59. The van der Waals surface area contributed by atoms with Crippen molar-refractivity contribution in [3.63, 3.8) is 0 Å². The van der Waals surface area contributed by atoms with Crippen LogP contribution in [0.1, 0.15) is 5.56 Å². The van der Waals surface area contributed by atoms with E-state index >= 15 is 0 Å². The number of carbonyl (C=O) groups excluding carboxylic acids is 1.